The molecule has 1 heterocycles. The molecule has 3 amide bonds. The van der Waals surface area contributed by atoms with Crippen molar-refractivity contribution in [3.8, 4) is 0 Å². The van der Waals surface area contributed by atoms with E-state index in [0.717, 1.165) is 18.7 Å². The second-order valence-corrected chi connectivity index (χ2v) is 7.00. The highest BCUT2D eigenvalue weighted by atomic mass is 35.5. The van der Waals surface area contributed by atoms with Crippen LogP contribution in [0, 0.1) is 0 Å². The summed E-state index contributed by atoms with van der Waals surface area (Å²) in [7, 11) is 0. The van der Waals surface area contributed by atoms with Gasteiger partial charge in [-0.25, -0.2) is 4.79 Å². The molecule has 1 aromatic rings. The molecule has 0 aliphatic carbocycles. The van der Waals surface area contributed by atoms with Gasteiger partial charge >= 0.3 is 6.03 Å². The number of nitrogens with zero attached hydrogens (tertiary/aromatic N) is 1. The van der Waals surface area contributed by atoms with E-state index in [-0.39, 0.29) is 24.5 Å². The maximum atomic E-state index is 11.7. The lowest BCUT2D eigenvalue weighted by molar-refractivity contribution is -0.118. The molecule has 1 aliphatic heterocycles. The first-order valence-corrected chi connectivity index (χ1v) is 9.27. The number of urea groups is 1. The van der Waals surface area contributed by atoms with Gasteiger partial charge in [-0.3, -0.25) is 9.69 Å². The molecule has 0 bridgehead atoms. The van der Waals surface area contributed by atoms with Crippen molar-refractivity contribution in [3.05, 3.63) is 33.8 Å². The summed E-state index contributed by atoms with van der Waals surface area (Å²) in [4.78, 5) is 24.6. The van der Waals surface area contributed by atoms with Gasteiger partial charge in [0.25, 0.3) is 0 Å². The summed E-state index contributed by atoms with van der Waals surface area (Å²) in [5.74, 6) is -0.370. The van der Waals surface area contributed by atoms with Gasteiger partial charge in [0.1, 0.15) is 0 Å². The number of halogens is 2. The van der Waals surface area contributed by atoms with Gasteiger partial charge in [-0.15, -0.1) is 0 Å². The first-order chi connectivity index (χ1) is 12.4. The van der Waals surface area contributed by atoms with Crippen LogP contribution in [0.25, 0.3) is 0 Å². The van der Waals surface area contributed by atoms with Crippen molar-refractivity contribution in [2.75, 3.05) is 32.8 Å². The van der Waals surface area contributed by atoms with Crippen molar-refractivity contribution in [2.24, 2.45) is 5.73 Å². The van der Waals surface area contributed by atoms with E-state index in [4.69, 9.17) is 33.7 Å². The SMILES string of the molecule is NC(=O)CCCNC(=O)NCC1CN(Cc2ccc(Cl)c(Cl)c2)CCO1. The molecule has 0 aromatic heterocycles. The first-order valence-electron chi connectivity index (χ1n) is 8.52. The lowest BCUT2D eigenvalue weighted by Gasteiger charge is -2.33. The fraction of sp³-hybridized carbons (Fsp3) is 0.529. The molecule has 26 heavy (non-hydrogen) atoms. The predicted octanol–water partition coefficient (Wildman–Crippen LogP) is 1.76. The molecule has 144 valence electrons. The van der Waals surface area contributed by atoms with E-state index in [1.165, 1.54) is 0 Å². The van der Waals surface area contributed by atoms with Crippen LogP contribution >= 0.6 is 23.2 Å². The number of nitrogens with two attached hydrogens (primary N) is 1. The highest BCUT2D eigenvalue weighted by Gasteiger charge is 2.21. The third-order valence-electron chi connectivity index (χ3n) is 3.99. The summed E-state index contributed by atoms with van der Waals surface area (Å²) in [6, 6.07) is 5.34. The Balaban J connectivity index is 1.69. The van der Waals surface area contributed by atoms with Gasteiger partial charge in [0.15, 0.2) is 0 Å². The van der Waals surface area contributed by atoms with Crippen LogP contribution in [0.3, 0.4) is 0 Å². The van der Waals surface area contributed by atoms with E-state index in [9.17, 15) is 9.59 Å². The molecule has 1 aliphatic rings. The number of amides is 3. The second-order valence-electron chi connectivity index (χ2n) is 6.18. The summed E-state index contributed by atoms with van der Waals surface area (Å²) in [6.07, 6.45) is 0.707. The smallest absolute Gasteiger partial charge is 0.314 e. The van der Waals surface area contributed by atoms with Gasteiger partial charge in [0.05, 0.1) is 22.8 Å². The number of nitrogens with one attached hydrogen (secondary N) is 2. The Kier molecular flexibility index (Phi) is 8.44. The van der Waals surface area contributed by atoms with Crippen molar-refractivity contribution in [1.29, 1.82) is 0 Å². The van der Waals surface area contributed by atoms with Crippen LogP contribution in [0.1, 0.15) is 18.4 Å². The average Bonchev–Trinajstić information content (AvgIpc) is 2.60. The molecule has 2 rings (SSSR count). The number of morpholine rings is 1. The van der Waals surface area contributed by atoms with E-state index in [2.05, 4.69) is 15.5 Å². The largest absolute Gasteiger partial charge is 0.374 e. The molecule has 1 fully saturated rings. The quantitative estimate of drug-likeness (QED) is 0.577. The van der Waals surface area contributed by atoms with Gasteiger partial charge in [-0.05, 0) is 24.1 Å². The zero-order chi connectivity index (χ0) is 18.9. The summed E-state index contributed by atoms with van der Waals surface area (Å²) in [5, 5.41) is 6.56. The topological polar surface area (TPSA) is 96.7 Å². The molecule has 7 nitrogen and oxygen atoms in total. The van der Waals surface area contributed by atoms with Crippen LogP contribution in [-0.2, 0) is 16.1 Å². The summed E-state index contributed by atoms with van der Waals surface area (Å²) < 4.78 is 5.70. The number of rotatable bonds is 8. The van der Waals surface area contributed by atoms with Crippen molar-refractivity contribution in [1.82, 2.24) is 15.5 Å². The Bertz CT molecular complexity index is 630. The zero-order valence-electron chi connectivity index (χ0n) is 14.5. The minimum atomic E-state index is -0.370. The van der Waals surface area contributed by atoms with Gasteiger partial charge in [0.2, 0.25) is 5.91 Å². The van der Waals surface area contributed by atoms with Gasteiger partial charge in [-0.1, -0.05) is 29.3 Å². The highest BCUT2D eigenvalue weighted by molar-refractivity contribution is 6.42. The first kappa shape index (κ1) is 20.8. The third-order valence-corrected chi connectivity index (χ3v) is 4.73. The molecule has 0 saturated carbocycles. The Morgan fingerprint density at radius 1 is 1.27 bits per heavy atom. The summed E-state index contributed by atoms with van der Waals surface area (Å²) >= 11 is 12.0. The van der Waals surface area contributed by atoms with Gasteiger partial charge in [-0.2, -0.15) is 0 Å². The summed E-state index contributed by atoms with van der Waals surface area (Å²) in [5.41, 5.74) is 6.13. The monoisotopic (exact) mass is 402 g/mol. The molecule has 0 spiro atoms. The number of benzene rings is 1. The number of hydrogen-bond donors (Lipinski definition) is 3. The minimum absolute atomic E-state index is 0.0807. The predicted molar refractivity (Wildman–Crippen MR) is 101 cm³/mol. The standard InChI is InChI=1S/C17H24Cl2N4O3/c18-14-4-3-12(8-15(14)19)10-23-6-7-26-13(11-23)9-22-17(25)21-5-1-2-16(20)24/h3-4,8,13H,1-2,5-7,9-11H2,(H2,20,24)(H2,21,22,25). The molecule has 1 saturated heterocycles. The molecule has 1 unspecified atom stereocenters. The van der Waals surface area contributed by atoms with Crippen LogP contribution in [0.15, 0.2) is 18.2 Å². The maximum absolute atomic E-state index is 11.7. The molecule has 9 heteroatoms. The van der Waals surface area contributed by atoms with Crippen LogP contribution in [-0.4, -0.2) is 55.7 Å². The molecular formula is C17H24Cl2N4O3. The molecule has 4 N–H and O–H groups in total. The maximum Gasteiger partial charge on any atom is 0.314 e. The van der Waals surface area contributed by atoms with Crippen molar-refractivity contribution >= 4 is 35.1 Å². The highest BCUT2D eigenvalue weighted by Crippen LogP contribution is 2.23. The Morgan fingerprint density at radius 3 is 2.81 bits per heavy atom. The molecular weight excluding hydrogens is 379 g/mol. The Morgan fingerprint density at radius 2 is 2.08 bits per heavy atom. The summed E-state index contributed by atoms with van der Waals surface area (Å²) in [6.45, 7) is 3.70. The van der Waals surface area contributed by atoms with E-state index in [0.29, 0.717) is 42.7 Å². The lowest BCUT2D eigenvalue weighted by Crippen LogP contribution is -2.48. The lowest BCUT2D eigenvalue weighted by atomic mass is 10.2. The van der Waals surface area contributed by atoms with Crippen LogP contribution < -0.4 is 16.4 Å². The fourth-order valence-electron chi connectivity index (χ4n) is 2.68. The normalized spacial score (nSPS) is 17.7. The van der Waals surface area contributed by atoms with Crippen LogP contribution in [0.2, 0.25) is 10.0 Å². The van der Waals surface area contributed by atoms with Crippen LogP contribution in [0.4, 0.5) is 4.79 Å². The Hall–Kier alpha value is -1.54. The van der Waals surface area contributed by atoms with E-state index < -0.39 is 0 Å². The van der Waals surface area contributed by atoms with Gasteiger partial charge in [0, 0.05) is 39.1 Å². The third kappa shape index (κ3) is 7.37. The number of primary amides is 1. The van der Waals surface area contributed by atoms with E-state index in [1.807, 2.05) is 12.1 Å². The number of hydrogen-bond acceptors (Lipinski definition) is 4. The van der Waals surface area contributed by atoms with E-state index in [1.54, 1.807) is 6.07 Å². The molecule has 1 aromatic carbocycles. The number of ether oxygens (including phenoxy) is 1. The minimum Gasteiger partial charge on any atom is -0.374 e. The average molecular weight is 403 g/mol. The van der Waals surface area contributed by atoms with Gasteiger partial charge < -0.3 is 21.1 Å². The van der Waals surface area contributed by atoms with Crippen LogP contribution in [0.5, 0.6) is 0 Å². The van der Waals surface area contributed by atoms with Crippen molar-refractivity contribution in [3.63, 3.8) is 0 Å². The molecule has 1 atom stereocenters. The number of carbonyl (C=O) groups is 2. The fourth-order valence-corrected chi connectivity index (χ4v) is 3.00. The van der Waals surface area contributed by atoms with Crippen molar-refractivity contribution in [2.45, 2.75) is 25.5 Å². The Labute approximate surface area is 163 Å². The second kappa shape index (κ2) is 10.6. The van der Waals surface area contributed by atoms with Crippen molar-refractivity contribution < 1.29 is 14.3 Å². The molecule has 0 radical (unpaired) electrons. The zero-order valence-corrected chi connectivity index (χ0v) is 16.0. The van der Waals surface area contributed by atoms with E-state index >= 15 is 0 Å². The number of carbonyl (C=O) groups excluding carboxylic acids is 2.